The summed E-state index contributed by atoms with van der Waals surface area (Å²) < 4.78 is 39.7. The Labute approximate surface area is 120 Å². The molecule has 0 aliphatic carbocycles. The molecule has 0 saturated carbocycles. The summed E-state index contributed by atoms with van der Waals surface area (Å²) in [4.78, 5) is 0. The number of halogens is 3. The smallest absolute Gasteiger partial charge is 0.131 e. The van der Waals surface area contributed by atoms with Crippen LogP contribution in [0.5, 0.6) is 0 Å². The molecule has 0 spiro atoms. The van der Waals surface area contributed by atoms with Crippen molar-refractivity contribution in [3.8, 4) is 0 Å². The molecule has 0 aromatic heterocycles. The SMILES string of the molecule is C=Cc1ccccc1[Si](C)(C)CC(F)C(F)CCCF. The molecule has 1 aromatic carbocycles. The molecule has 4 heteroatoms. The minimum Gasteiger partial charge on any atom is -0.251 e. The molecule has 112 valence electrons. The summed E-state index contributed by atoms with van der Waals surface area (Å²) >= 11 is 0. The van der Waals surface area contributed by atoms with Gasteiger partial charge in [-0.05, 0) is 24.4 Å². The number of alkyl halides is 3. The molecular weight excluding hydrogens is 277 g/mol. The van der Waals surface area contributed by atoms with E-state index in [1.807, 2.05) is 37.4 Å². The lowest BCUT2D eigenvalue weighted by Crippen LogP contribution is -2.46. The Balaban J connectivity index is 2.80. The summed E-state index contributed by atoms with van der Waals surface area (Å²) in [7, 11) is -2.09. The molecule has 0 heterocycles. The second kappa shape index (κ2) is 7.67. The summed E-state index contributed by atoms with van der Waals surface area (Å²) in [5.74, 6) is 0. The van der Waals surface area contributed by atoms with Gasteiger partial charge in [0.25, 0.3) is 0 Å². The van der Waals surface area contributed by atoms with Gasteiger partial charge in [-0.15, -0.1) is 0 Å². The molecule has 0 radical (unpaired) electrons. The zero-order valence-electron chi connectivity index (χ0n) is 12.2. The van der Waals surface area contributed by atoms with Crippen LogP contribution in [0.25, 0.3) is 6.08 Å². The van der Waals surface area contributed by atoms with Crippen LogP contribution in [0.2, 0.25) is 19.1 Å². The Kier molecular flexibility index (Phi) is 6.53. The fraction of sp³-hybridized carbons (Fsp3) is 0.500. The van der Waals surface area contributed by atoms with E-state index in [9.17, 15) is 13.2 Å². The molecule has 0 aliphatic heterocycles. The molecule has 1 rings (SSSR count). The maximum Gasteiger partial charge on any atom is 0.131 e. The maximum absolute atomic E-state index is 14.0. The highest BCUT2D eigenvalue weighted by molar-refractivity contribution is 6.90. The zero-order valence-corrected chi connectivity index (χ0v) is 13.2. The normalized spacial score (nSPS) is 14.8. The van der Waals surface area contributed by atoms with E-state index < -0.39 is 27.1 Å². The minimum atomic E-state index is -2.09. The zero-order chi connectivity index (χ0) is 15.2. The molecule has 0 bridgehead atoms. The Morgan fingerprint density at radius 1 is 1.20 bits per heavy atom. The van der Waals surface area contributed by atoms with Crippen molar-refractivity contribution in [2.45, 2.75) is 44.3 Å². The average molecular weight is 300 g/mol. The highest BCUT2D eigenvalue weighted by Gasteiger charge is 2.32. The second-order valence-electron chi connectivity index (χ2n) is 5.74. The molecule has 0 nitrogen and oxygen atoms in total. The van der Waals surface area contributed by atoms with Crippen LogP contribution in [0.3, 0.4) is 0 Å². The topological polar surface area (TPSA) is 0 Å². The van der Waals surface area contributed by atoms with E-state index in [4.69, 9.17) is 0 Å². The molecule has 0 aliphatic rings. The summed E-state index contributed by atoms with van der Waals surface area (Å²) in [6.07, 6.45) is -1.26. The molecule has 2 unspecified atom stereocenters. The number of rotatable bonds is 8. The van der Waals surface area contributed by atoms with E-state index in [0.29, 0.717) is 0 Å². The van der Waals surface area contributed by atoms with Crippen molar-refractivity contribution < 1.29 is 13.2 Å². The molecule has 1 aromatic rings. The van der Waals surface area contributed by atoms with Gasteiger partial charge >= 0.3 is 0 Å². The van der Waals surface area contributed by atoms with E-state index in [0.717, 1.165) is 10.8 Å². The molecule has 0 N–H and O–H groups in total. The van der Waals surface area contributed by atoms with Gasteiger partial charge in [0.15, 0.2) is 0 Å². The number of hydrogen-bond donors (Lipinski definition) is 0. The van der Waals surface area contributed by atoms with E-state index >= 15 is 0 Å². The molecule has 2 atom stereocenters. The first-order valence-electron chi connectivity index (χ1n) is 6.98. The van der Waals surface area contributed by atoms with Gasteiger partial charge in [-0.3, -0.25) is 4.39 Å². The van der Waals surface area contributed by atoms with Crippen molar-refractivity contribution in [2.24, 2.45) is 0 Å². The second-order valence-corrected chi connectivity index (χ2v) is 10.5. The summed E-state index contributed by atoms with van der Waals surface area (Å²) in [5.41, 5.74) is 0.996. The highest BCUT2D eigenvalue weighted by Crippen LogP contribution is 2.23. The Morgan fingerprint density at radius 3 is 2.45 bits per heavy atom. The fourth-order valence-corrected chi connectivity index (χ4v) is 5.43. The van der Waals surface area contributed by atoms with E-state index in [-0.39, 0.29) is 18.9 Å². The lowest BCUT2D eigenvalue weighted by molar-refractivity contribution is 0.166. The predicted molar refractivity (Wildman–Crippen MR) is 83.5 cm³/mol. The van der Waals surface area contributed by atoms with Crippen molar-refractivity contribution >= 4 is 19.3 Å². The van der Waals surface area contributed by atoms with Crippen LogP contribution in [0.1, 0.15) is 18.4 Å². The van der Waals surface area contributed by atoms with Gasteiger partial charge in [-0.1, -0.05) is 55.2 Å². The fourth-order valence-electron chi connectivity index (χ4n) is 2.47. The van der Waals surface area contributed by atoms with Gasteiger partial charge in [-0.2, -0.15) is 0 Å². The first kappa shape index (κ1) is 17.0. The average Bonchev–Trinajstić information content (AvgIpc) is 2.44. The van der Waals surface area contributed by atoms with E-state index in [2.05, 4.69) is 6.58 Å². The molecule has 0 fully saturated rings. The molecule has 0 amide bonds. The predicted octanol–water partition coefficient (Wildman–Crippen LogP) is 4.67. The summed E-state index contributed by atoms with van der Waals surface area (Å²) in [6, 6.07) is 7.97. The van der Waals surface area contributed by atoms with Crippen molar-refractivity contribution in [1.82, 2.24) is 0 Å². The monoisotopic (exact) mass is 300 g/mol. The van der Waals surface area contributed by atoms with Gasteiger partial charge in [0, 0.05) is 0 Å². The van der Waals surface area contributed by atoms with Crippen molar-refractivity contribution in [2.75, 3.05) is 6.67 Å². The maximum atomic E-state index is 14.0. The Bertz CT molecular complexity index is 431. The highest BCUT2D eigenvalue weighted by atomic mass is 28.3. The number of hydrogen-bond acceptors (Lipinski definition) is 0. The van der Waals surface area contributed by atoms with E-state index in [1.54, 1.807) is 6.08 Å². The van der Waals surface area contributed by atoms with Crippen LogP contribution in [0.4, 0.5) is 13.2 Å². The van der Waals surface area contributed by atoms with Crippen molar-refractivity contribution in [3.63, 3.8) is 0 Å². The van der Waals surface area contributed by atoms with Gasteiger partial charge in [0.05, 0.1) is 14.7 Å². The quantitative estimate of drug-likeness (QED) is 0.612. The van der Waals surface area contributed by atoms with Crippen LogP contribution in [-0.4, -0.2) is 27.1 Å². The minimum absolute atomic E-state index is 0.0365. The van der Waals surface area contributed by atoms with Gasteiger partial charge in [-0.25, -0.2) is 8.78 Å². The Morgan fingerprint density at radius 2 is 1.85 bits per heavy atom. The van der Waals surface area contributed by atoms with Crippen molar-refractivity contribution in [1.29, 1.82) is 0 Å². The first-order valence-corrected chi connectivity index (χ1v) is 10.2. The third-order valence-electron chi connectivity index (χ3n) is 3.62. The molecule has 0 saturated heterocycles. The third kappa shape index (κ3) is 4.51. The molecule has 20 heavy (non-hydrogen) atoms. The van der Waals surface area contributed by atoms with Gasteiger partial charge < -0.3 is 0 Å². The van der Waals surface area contributed by atoms with Crippen molar-refractivity contribution in [3.05, 3.63) is 36.4 Å². The standard InChI is InChI=1S/C16H23F3Si/c1-4-13-8-5-6-10-16(13)20(2,3)12-15(19)14(18)9-7-11-17/h4-6,8,10,14-15H,1,7,9,11-12H2,2-3H3. The van der Waals surface area contributed by atoms with E-state index in [1.165, 1.54) is 0 Å². The van der Waals surface area contributed by atoms with Crippen LogP contribution in [0.15, 0.2) is 30.8 Å². The van der Waals surface area contributed by atoms with Crippen LogP contribution in [0, 0.1) is 0 Å². The van der Waals surface area contributed by atoms with Gasteiger partial charge in [0.1, 0.15) is 12.3 Å². The largest absolute Gasteiger partial charge is 0.251 e. The summed E-state index contributed by atoms with van der Waals surface area (Å²) in [6.45, 7) is 7.25. The molecular formula is C16H23F3Si. The first-order chi connectivity index (χ1) is 9.42. The summed E-state index contributed by atoms with van der Waals surface area (Å²) in [5, 5.41) is 1.09. The van der Waals surface area contributed by atoms with Crippen LogP contribution < -0.4 is 5.19 Å². The van der Waals surface area contributed by atoms with Gasteiger partial charge in [0.2, 0.25) is 0 Å². The van der Waals surface area contributed by atoms with Crippen LogP contribution >= 0.6 is 0 Å². The Hall–Kier alpha value is -1.03. The van der Waals surface area contributed by atoms with Crippen LogP contribution in [-0.2, 0) is 0 Å². The lowest BCUT2D eigenvalue weighted by Gasteiger charge is -2.27. The third-order valence-corrected chi connectivity index (χ3v) is 6.95. The lowest BCUT2D eigenvalue weighted by atomic mass is 10.1. The number of benzene rings is 1.